The van der Waals surface area contributed by atoms with Crippen LogP contribution in [0.2, 0.25) is 0 Å². The Morgan fingerprint density at radius 1 is 1.44 bits per heavy atom. The lowest BCUT2D eigenvalue weighted by atomic mass is 9.99. The standard InChI is InChI=1S/C13H13ClO2/c1-5-6-16-12-8(2)7-11(13(14)15)9(3)10(12)4/h1,7H,6H2,2-4H3. The summed E-state index contributed by atoms with van der Waals surface area (Å²) < 4.78 is 5.44. The molecular weight excluding hydrogens is 224 g/mol. The fraction of sp³-hybridized carbons (Fsp3) is 0.308. The molecule has 0 amide bonds. The van der Waals surface area contributed by atoms with E-state index in [9.17, 15) is 4.79 Å². The molecule has 0 spiro atoms. The zero-order chi connectivity index (χ0) is 12.3. The van der Waals surface area contributed by atoms with Crippen LogP contribution in [-0.2, 0) is 0 Å². The van der Waals surface area contributed by atoms with E-state index in [1.165, 1.54) is 0 Å². The predicted molar refractivity (Wildman–Crippen MR) is 65.2 cm³/mol. The molecular formula is C13H13ClO2. The molecule has 16 heavy (non-hydrogen) atoms. The molecule has 0 aliphatic carbocycles. The van der Waals surface area contributed by atoms with Gasteiger partial charge in [-0.15, -0.1) is 6.42 Å². The average Bonchev–Trinajstić information content (AvgIpc) is 2.23. The normalized spacial score (nSPS) is 9.69. The minimum atomic E-state index is -0.452. The van der Waals surface area contributed by atoms with Crippen LogP contribution < -0.4 is 4.74 Å². The van der Waals surface area contributed by atoms with E-state index in [1.54, 1.807) is 6.07 Å². The molecule has 0 saturated heterocycles. The summed E-state index contributed by atoms with van der Waals surface area (Å²) in [6, 6.07) is 1.73. The molecule has 0 aromatic heterocycles. The average molecular weight is 237 g/mol. The molecule has 2 nitrogen and oxygen atoms in total. The minimum absolute atomic E-state index is 0.218. The summed E-state index contributed by atoms with van der Waals surface area (Å²) in [5, 5.41) is -0.452. The molecule has 1 aromatic carbocycles. The second-order valence-electron chi connectivity index (χ2n) is 3.59. The molecule has 3 heteroatoms. The van der Waals surface area contributed by atoms with Gasteiger partial charge in [0.25, 0.3) is 5.24 Å². The van der Waals surface area contributed by atoms with E-state index >= 15 is 0 Å². The number of hydrogen-bond donors (Lipinski definition) is 0. The minimum Gasteiger partial charge on any atom is -0.480 e. The van der Waals surface area contributed by atoms with E-state index in [0.717, 1.165) is 22.4 Å². The van der Waals surface area contributed by atoms with Gasteiger partial charge in [0.2, 0.25) is 0 Å². The van der Waals surface area contributed by atoms with Crippen molar-refractivity contribution in [2.24, 2.45) is 0 Å². The highest BCUT2D eigenvalue weighted by atomic mass is 35.5. The number of carbonyl (C=O) groups excluding carboxylic acids is 1. The van der Waals surface area contributed by atoms with E-state index in [2.05, 4.69) is 5.92 Å². The summed E-state index contributed by atoms with van der Waals surface area (Å²) in [4.78, 5) is 11.2. The predicted octanol–water partition coefficient (Wildman–Crippen LogP) is 3.00. The summed E-state index contributed by atoms with van der Waals surface area (Å²) in [7, 11) is 0. The molecule has 0 aliphatic rings. The van der Waals surface area contributed by atoms with Gasteiger partial charge in [-0.2, -0.15) is 0 Å². The SMILES string of the molecule is C#CCOc1c(C)cc(C(=O)Cl)c(C)c1C. The van der Waals surface area contributed by atoms with Gasteiger partial charge in [-0.3, -0.25) is 4.79 Å². The van der Waals surface area contributed by atoms with Crippen molar-refractivity contribution in [1.29, 1.82) is 0 Å². The maximum Gasteiger partial charge on any atom is 0.252 e. The van der Waals surface area contributed by atoms with Gasteiger partial charge in [0.05, 0.1) is 0 Å². The van der Waals surface area contributed by atoms with Gasteiger partial charge in [-0.25, -0.2) is 0 Å². The summed E-state index contributed by atoms with van der Waals surface area (Å²) in [5.41, 5.74) is 3.11. The van der Waals surface area contributed by atoms with Crippen LogP contribution in [0.15, 0.2) is 6.07 Å². The van der Waals surface area contributed by atoms with Crippen molar-refractivity contribution in [2.45, 2.75) is 20.8 Å². The van der Waals surface area contributed by atoms with Crippen molar-refractivity contribution >= 4 is 16.8 Å². The van der Waals surface area contributed by atoms with E-state index in [1.807, 2.05) is 20.8 Å². The van der Waals surface area contributed by atoms with Crippen molar-refractivity contribution in [1.82, 2.24) is 0 Å². The molecule has 0 N–H and O–H groups in total. The Bertz CT molecular complexity index is 470. The van der Waals surface area contributed by atoms with E-state index in [4.69, 9.17) is 22.8 Å². The number of terminal acetylenes is 1. The molecule has 0 aliphatic heterocycles. The Morgan fingerprint density at radius 2 is 2.06 bits per heavy atom. The fourth-order valence-electron chi connectivity index (χ4n) is 1.60. The monoisotopic (exact) mass is 236 g/mol. The molecule has 0 atom stereocenters. The molecule has 0 unspecified atom stereocenters. The zero-order valence-electron chi connectivity index (χ0n) is 9.56. The first-order valence-corrected chi connectivity index (χ1v) is 5.23. The lowest BCUT2D eigenvalue weighted by molar-refractivity contribution is 0.108. The maximum atomic E-state index is 11.2. The Labute approximate surface area is 101 Å². The second-order valence-corrected chi connectivity index (χ2v) is 3.93. The van der Waals surface area contributed by atoms with Gasteiger partial charge < -0.3 is 4.74 Å². The Kier molecular flexibility index (Phi) is 3.98. The van der Waals surface area contributed by atoms with Crippen molar-refractivity contribution in [3.8, 4) is 18.1 Å². The van der Waals surface area contributed by atoms with Gasteiger partial charge in [0.1, 0.15) is 12.4 Å². The number of ether oxygens (including phenoxy) is 1. The fourth-order valence-corrected chi connectivity index (χ4v) is 1.79. The summed E-state index contributed by atoms with van der Waals surface area (Å²) in [6.45, 7) is 5.81. The zero-order valence-corrected chi connectivity index (χ0v) is 10.3. The molecule has 0 bridgehead atoms. The second kappa shape index (κ2) is 5.05. The van der Waals surface area contributed by atoms with E-state index in [-0.39, 0.29) is 6.61 Å². The van der Waals surface area contributed by atoms with Crippen LogP contribution >= 0.6 is 11.6 Å². The first-order valence-electron chi connectivity index (χ1n) is 4.86. The molecule has 0 saturated carbocycles. The smallest absolute Gasteiger partial charge is 0.252 e. The van der Waals surface area contributed by atoms with Crippen molar-refractivity contribution in [3.63, 3.8) is 0 Å². The lowest BCUT2D eigenvalue weighted by Crippen LogP contribution is -2.04. The van der Waals surface area contributed by atoms with Crippen molar-refractivity contribution < 1.29 is 9.53 Å². The number of benzene rings is 1. The van der Waals surface area contributed by atoms with Gasteiger partial charge >= 0.3 is 0 Å². The summed E-state index contributed by atoms with van der Waals surface area (Å²) >= 11 is 5.50. The van der Waals surface area contributed by atoms with Crippen LogP contribution in [0.25, 0.3) is 0 Å². The van der Waals surface area contributed by atoms with Gasteiger partial charge in [0, 0.05) is 5.56 Å². The van der Waals surface area contributed by atoms with Crippen molar-refractivity contribution in [3.05, 3.63) is 28.3 Å². The van der Waals surface area contributed by atoms with Crippen molar-refractivity contribution in [2.75, 3.05) is 6.61 Å². The van der Waals surface area contributed by atoms with Crippen LogP contribution in [0, 0.1) is 33.1 Å². The summed E-state index contributed by atoms with van der Waals surface area (Å²) in [5.74, 6) is 3.15. The highest BCUT2D eigenvalue weighted by Crippen LogP contribution is 2.29. The number of hydrogen-bond acceptors (Lipinski definition) is 2. The highest BCUT2D eigenvalue weighted by Gasteiger charge is 2.14. The first-order chi connectivity index (χ1) is 7.49. The number of carbonyl (C=O) groups is 1. The van der Waals surface area contributed by atoms with Crippen LogP contribution in [-0.4, -0.2) is 11.8 Å². The molecule has 0 radical (unpaired) electrons. The van der Waals surface area contributed by atoms with Crippen LogP contribution in [0.3, 0.4) is 0 Å². The third-order valence-electron chi connectivity index (χ3n) is 2.54. The molecule has 84 valence electrons. The van der Waals surface area contributed by atoms with Gasteiger partial charge in [-0.05, 0) is 55.1 Å². The maximum absolute atomic E-state index is 11.2. The largest absolute Gasteiger partial charge is 0.480 e. The first kappa shape index (κ1) is 12.6. The highest BCUT2D eigenvalue weighted by molar-refractivity contribution is 6.68. The van der Waals surface area contributed by atoms with Crippen LogP contribution in [0.5, 0.6) is 5.75 Å². The van der Waals surface area contributed by atoms with E-state index < -0.39 is 5.24 Å². The molecule has 0 fully saturated rings. The van der Waals surface area contributed by atoms with Crippen LogP contribution in [0.4, 0.5) is 0 Å². The quantitative estimate of drug-likeness (QED) is 0.596. The van der Waals surface area contributed by atoms with Gasteiger partial charge in [-0.1, -0.05) is 5.92 Å². The lowest BCUT2D eigenvalue weighted by Gasteiger charge is -2.14. The molecule has 0 heterocycles. The number of rotatable bonds is 3. The topological polar surface area (TPSA) is 26.3 Å². The Balaban J connectivity index is 3.29. The third-order valence-corrected chi connectivity index (χ3v) is 2.74. The third kappa shape index (κ3) is 2.37. The van der Waals surface area contributed by atoms with E-state index in [0.29, 0.717) is 5.56 Å². The summed E-state index contributed by atoms with van der Waals surface area (Å²) in [6.07, 6.45) is 5.14. The Morgan fingerprint density at radius 3 is 2.56 bits per heavy atom. The Hall–Kier alpha value is -1.46. The molecule has 1 rings (SSSR count). The van der Waals surface area contributed by atoms with Crippen LogP contribution in [0.1, 0.15) is 27.0 Å². The number of aryl methyl sites for hydroxylation is 1. The molecule has 1 aromatic rings. The van der Waals surface area contributed by atoms with Gasteiger partial charge in [0.15, 0.2) is 0 Å². The number of halogens is 1.